The predicted octanol–water partition coefficient (Wildman–Crippen LogP) is 2.23. The Bertz CT molecular complexity index is 517. The van der Waals surface area contributed by atoms with Crippen LogP contribution in [-0.2, 0) is 14.8 Å². The maximum absolute atomic E-state index is 12.1. The van der Waals surface area contributed by atoms with Crippen molar-refractivity contribution in [3.8, 4) is 0 Å². The van der Waals surface area contributed by atoms with Crippen molar-refractivity contribution in [2.45, 2.75) is 30.5 Å². The van der Waals surface area contributed by atoms with Gasteiger partial charge in [0.1, 0.15) is 0 Å². The van der Waals surface area contributed by atoms with Gasteiger partial charge < -0.3 is 4.74 Å². The molecule has 0 aliphatic heterocycles. The summed E-state index contributed by atoms with van der Waals surface area (Å²) in [7, 11) is -1.90. The van der Waals surface area contributed by atoms with E-state index in [1.807, 2.05) is 13.0 Å². The topological polar surface area (TPSA) is 55.4 Å². The van der Waals surface area contributed by atoms with E-state index in [2.05, 4.69) is 4.72 Å². The number of aryl methyl sites for hydroxylation is 2. The Morgan fingerprint density at radius 1 is 1.37 bits per heavy atom. The summed E-state index contributed by atoms with van der Waals surface area (Å²) in [5.74, 6) is 0. The number of hydrogen-bond acceptors (Lipinski definition) is 3. The Morgan fingerprint density at radius 3 is 2.63 bits per heavy atom. The van der Waals surface area contributed by atoms with Gasteiger partial charge in [-0.2, -0.15) is 0 Å². The fourth-order valence-corrected chi connectivity index (χ4v) is 3.30. The molecule has 0 aliphatic rings. The summed E-state index contributed by atoms with van der Waals surface area (Å²) >= 11 is 5.95. The van der Waals surface area contributed by atoms with Gasteiger partial charge in [0.2, 0.25) is 10.0 Å². The van der Waals surface area contributed by atoms with E-state index in [-0.39, 0.29) is 5.38 Å². The van der Waals surface area contributed by atoms with Crippen LogP contribution in [0.4, 0.5) is 0 Å². The number of methoxy groups -OCH3 is 1. The van der Waals surface area contributed by atoms with Crippen molar-refractivity contribution in [3.63, 3.8) is 0 Å². The molecule has 1 atom stereocenters. The van der Waals surface area contributed by atoms with Crippen LogP contribution < -0.4 is 4.72 Å². The van der Waals surface area contributed by atoms with Crippen molar-refractivity contribution >= 4 is 21.6 Å². The monoisotopic (exact) mass is 305 g/mol. The van der Waals surface area contributed by atoms with Crippen molar-refractivity contribution in [2.75, 3.05) is 20.3 Å². The van der Waals surface area contributed by atoms with Crippen LogP contribution in [0.25, 0.3) is 0 Å². The first-order valence-corrected chi connectivity index (χ1v) is 7.98. The van der Waals surface area contributed by atoms with E-state index in [0.717, 1.165) is 11.1 Å². The molecule has 0 saturated heterocycles. The summed E-state index contributed by atoms with van der Waals surface area (Å²) in [6, 6.07) is 5.26. The third-order valence-corrected chi connectivity index (χ3v) is 4.68. The maximum Gasteiger partial charge on any atom is 0.240 e. The SMILES string of the molecule is COCC(Cl)CCNS(=O)(=O)c1ccc(C)cc1C. The molecule has 1 unspecified atom stereocenters. The van der Waals surface area contributed by atoms with Gasteiger partial charge in [-0.25, -0.2) is 13.1 Å². The van der Waals surface area contributed by atoms with Crippen molar-refractivity contribution in [1.29, 1.82) is 0 Å². The molecule has 0 spiro atoms. The molecule has 0 heterocycles. The molecule has 0 amide bonds. The van der Waals surface area contributed by atoms with Crippen molar-refractivity contribution in [2.24, 2.45) is 0 Å². The fourth-order valence-electron chi connectivity index (χ4n) is 1.79. The van der Waals surface area contributed by atoms with Crippen LogP contribution in [0.5, 0.6) is 0 Å². The number of ether oxygens (including phenoxy) is 1. The van der Waals surface area contributed by atoms with Gasteiger partial charge in [0, 0.05) is 13.7 Å². The second kappa shape index (κ2) is 7.24. The van der Waals surface area contributed by atoms with Crippen molar-refractivity contribution in [1.82, 2.24) is 4.72 Å². The Hall–Kier alpha value is -0.620. The number of rotatable bonds is 7. The lowest BCUT2D eigenvalue weighted by atomic mass is 10.2. The molecular formula is C13H20ClNO3S. The van der Waals surface area contributed by atoms with Crippen LogP contribution in [0.2, 0.25) is 0 Å². The van der Waals surface area contributed by atoms with Crippen molar-refractivity contribution < 1.29 is 13.2 Å². The van der Waals surface area contributed by atoms with Gasteiger partial charge >= 0.3 is 0 Å². The molecule has 0 aliphatic carbocycles. The molecule has 6 heteroatoms. The summed E-state index contributed by atoms with van der Waals surface area (Å²) in [6.07, 6.45) is 0.527. The molecule has 0 aromatic heterocycles. The van der Waals surface area contributed by atoms with Crippen molar-refractivity contribution in [3.05, 3.63) is 29.3 Å². The first-order valence-electron chi connectivity index (χ1n) is 6.06. The van der Waals surface area contributed by atoms with E-state index >= 15 is 0 Å². The second-order valence-corrected chi connectivity index (χ2v) is 6.86. The van der Waals surface area contributed by atoms with E-state index in [9.17, 15) is 8.42 Å². The zero-order chi connectivity index (χ0) is 14.5. The Kier molecular flexibility index (Phi) is 6.26. The fraction of sp³-hybridized carbons (Fsp3) is 0.538. The first kappa shape index (κ1) is 16.4. The summed E-state index contributed by atoms with van der Waals surface area (Å²) in [4.78, 5) is 0.316. The quantitative estimate of drug-likeness (QED) is 0.786. The normalized spacial score (nSPS) is 13.5. The molecule has 1 N–H and O–H groups in total. The van der Waals surface area contributed by atoms with Gasteiger partial charge in [-0.15, -0.1) is 11.6 Å². The van der Waals surface area contributed by atoms with Gasteiger partial charge in [-0.05, 0) is 31.9 Å². The third kappa shape index (κ3) is 5.10. The zero-order valence-electron chi connectivity index (χ0n) is 11.4. The summed E-state index contributed by atoms with van der Waals surface area (Å²) in [5, 5.41) is -0.188. The number of nitrogens with one attached hydrogen (secondary N) is 1. The van der Waals surface area contributed by atoms with Gasteiger partial charge in [-0.3, -0.25) is 0 Å². The molecule has 19 heavy (non-hydrogen) atoms. The van der Waals surface area contributed by atoms with E-state index in [1.165, 1.54) is 0 Å². The Balaban J connectivity index is 2.66. The standard InChI is InChI=1S/C13H20ClNO3S/c1-10-4-5-13(11(2)8-10)19(16,17)15-7-6-12(14)9-18-3/h4-5,8,12,15H,6-7,9H2,1-3H3. The molecule has 108 valence electrons. The second-order valence-electron chi connectivity index (χ2n) is 4.51. The van der Waals surface area contributed by atoms with E-state index in [4.69, 9.17) is 16.3 Å². The molecule has 1 aromatic carbocycles. The number of benzene rings is 1. The largest absolute Gasteiger partial charge is 0.383 e. The number of sulfonamides is 1. The number of halogens is 1. The molecule has 0 fully saturated rings. The lowest BCUT2D eigenvalue weighted by Gasteiger charge is -2.11. The lowest BCUT2D eigenvalue weighted by molar-refractivity contribution is 0.196. The molecule has 4 nitrogen and oxygen atoms in total. The minimum absolute atomic E-state index is 0.188. The van der Waals surface area contributed by atoms with Gasteiger partial charge in [-0.1, -0.05) is 17.7 Å². The molecule has 1 aromatic rings. The van der Waals surface area contributed by atoms with Crippen LogP contribution in [0, 0.1) is 13.8 Å². The molecule has 0 saturated carbocycles. The molecule has 0 radical (unpaired) electrons. The van der Waals surface area contributed by atoms with Gasteiger partial charge in [0.25, 0.3) is 0 Å². The minimum Gasteiger partial charge on any atom is -0.383 e. The predicted molar refractivity (Wildman–Crippen MR) is 77.2 cm³/mol. The third-order valence-electron chi connectivity index (χ3n) is 2.72. The first-order chi connectivity index (χ1) is 8.86. The van der Waals surface area contributed by atoms with Gasteiger partial charge in [0.15, 0.2) is 0 Å². The maximum atomic E-state index is 12.1. The molecule has 1 rings (SSSR count). The van der Waals surface area contributed by atoms with E-state index < -0.39 is 10.0 Å². The molecule has 0 bridgehead atoms. The van der Waals surface area contributed by atoms with Crippen LogP contribution in [0.3, 0.4) is 0 Å². The average molecular weight is 306 g/mol. The highest BCUT2D eigenvalue weighted by molar-refractivity contribution is 7.89. The Morgan fingerprint density at radius 2 is 2.05 bits per heavy atom. The minimum atomic E-state index is -3.47. The van der Waals surface area contributed by atoms with Crippen LogP contribution in [-0.4, -0.2) is 34.1 Å². The van der Waals surface area contributed by atoms with Crippen LogP contribution in [0.1, 0.15) is 17.5 Å². The number of hydrogen-bond donors (Lipinski definition) is 1. The van der Waals surface area contributed by atoms with E-state index in [1.54, 1.807) is 26.2 Å². The highest BCUT2D eigenvalue weighted by Gasteiger charge is 2.16. The Labute approximate surface area is 120 Å². The lowest BCUT2D eigenvalue weighted by Crippen LogP contribution is -2.27. The number of alkyl halides is 1. The van der Waals surface area contributed by atoms with Crippen LogP contribution in [0.15, 0.2) is 23.1 Å². The average Bonchev–Trinajstić information content (AvgIpc) is 2.28. The molecular weight excluding hydrogens is 286 g/mol. The van der Waals surface area contributed by atoms with Gasteiger partial charge in [0.05, 0.1) is 16.9 Å². The summed E-state index contributed by atoms with van der Waals surface area (Å²) in [6.45, 7) is 4.43. The van der Waals surface area contributed by atoms with E-state index in [0.29, 0.717) is 24.5 Å². The smallest absolute Gasteiger partial charge is 0.240 e. The highest BCUT2D eigenvalue weighted by atomic mass is 35.5. The van der Waals surface area contributed by atoms with Crippen LogP contribution >= 0.6 is 11.6 Å². The summed E-state index contributed by atoms with van der Waals surface area (Å²) in [5.41, 5.74) is 1.78. The highest BCUT2D eigenvalue weighted by Crippen LogP contribution is 2.16. The zero-order valence-corrected chi connectivity index (χ0v) is 13.0. The summed E-state index contributed by atoms with van der Waals surface area (Å²) < 4.78 is 31.7.